The van der Waals surface area contributed by atoms with E-state index in [1.54, 1.807) is 7.05 Å². The summed E-state index contributed by atoms with van der Waals surface area (Å²) in [4.78, 5) is 41.8. The molecule has 9 nitrogen and oxygen atoms in total. The summed E-state index contributed by atoms with van der Waals surface area (Å²) >= 11 is 0. The van der Waals surface area contributed by atoms with Gasteiger partial charge >= 0.3 is 0 Å². The highest BCUT2D eigenvalue weighted by molar-refractivity contribution is 5.92. The van der Waals surface area contributed by atoms with Crippen LogP contribution in [0.4, 0.5) is 8.78 Å². The van der Waals surface area contributed by atoms with Crippen molar-refractivity contribution in [2.75, 3.05) is 39.8 Å². The molecule has 0 aromatic carbocycles. The highest BCUT2D eigenvalue weighted by atomic mass is 19.3. The second-order valence-corrected chi connectivity index (χ2v) is 9.10. The van der Waals surface area contributed by atoms with E-state index in [9.17, 15) is 23.2 Å². The molecule has 0 spiro atoms. The minimum Gasteiger partial charge on any atom is -0.377 e. The molecule has 2 heterocycles. The highest BCUT2D eigenvalue weighted by Crippen LogP contribution is 2.38. The number of fused-ring (bicyclic) bond motifs is 1. The van der Waals surface area contributed by atoms with Gasteiger partial charge in [0.2, 0.25) is 23.6 Å². The van der Waals surface area contributed by atoms with E-state index in [-0.39, 0.29) is 50.9 Å². The number of carbonyl (C=O) groups is 3. The van der Waals surface area contributed by atoms with E-state index in [1.807, 2.05) is 6.92 Å². The molecule has 1 saturated carbocycles. The maximum absolute atomic E-state index is 13.7. The van der Waals surface area contributed by atoms with Crippen LogP contribution in [-0.2, 0) is 19.1 Å². The Kier molecular flexibility index (Phi) is 8.05. The SMILES string of the molecule is CCO[C@@H]1C[C@@H]2CN(C(=O)[C@@H](NC(=O)CNC)C3CCC(F)(F)CC3)[C@H](C(N)=O)CN2C1. The van der Waals surface area contributed by atoms with Crippen LogP contribution in [0.3, 0.4) is 0 Å². The summed E-state index contributed by atoms with van der Waals surface area (Å²) < 4.78 is 33.2. The van der Waals surface area contributed by atoms with E-state index < -0.39 is 41.6 Å². The molecule has 3 fully saturated rings. The molecule has 0 radical (unpaired) electrons. The zero-order valence-electron chi connectivity index (χ0n) is 18.8. The number of halogens is 2. The first-order chi connectivity index (χ1) is 15.1. The van der Waals surface area contributed by atoms with Crippen molar-refractivity contribution in [2.45, 2.75) is 69.2 Å². The van der Waals surface area contributed by atoms with Gasteiger partial charge in [0, 0.05) is 45.1 Å². The standard InChI is InChI=1S/C21H35F2N5O4/c1-3-32-15-8-14-10-28(16(19(24)30)12-27(14)11-15)20(31)18(26-17(29)9-25-2)13-4-6-21(22,23)7-5-13/h13-16,18,25H,3-12H2,1-2H3,(H2,24,30)(H,26,29)/t14-,15-,16+,18+/m1/s1. The first-order valence-corrected chi connectivity index (χ1v) is 11.4. The van der Waals surface area contributed by atoms with E-state index in [0.717, 1.165) is 6.42 Å². The lowest BCUT2D eigenvalue weighted by Gasteiger charge is -2.44. The van der Waals surface area contributed by atoms with Gasteiger partial charge in [-0.25, -0.2) is 8.78 Å². The van der Waals surface area contributed by atoms with Crippen molar-refractivity contribution in [1.82, 2.24) is 20.4 Å². The van der Waals surface area contributed by atoms with Gasteiger partial charge in [0.25, 0.3) is 0 Å². The van der Waals surface area contributed by atoms with E-state index >= 15 is 0 Å². The van der Waals surface area contributed by atoms with Crippen LogP contribution in [0.2, 0.25) is 0 Å². The quantitative estimate of drug-likeness (QED) is 0.459. The Morgan fingerprint density at radius 1 is 1.19 bits per heavy atom. The monoisotopic (exact) mass is 459 g/mol. The first kappa shape index (κ1) is 24.8. The van der Waals surface area contributed by atoms with Crippen molar-refractivity contribution >= 4 is 17.7 Å². The van der Waals surface area contributed by atoms with Crippen LogP contribution in [0.15, 0.2) is 0 Å². The molecule has 2 saturated heterocycles. The van der Waals surface area contributed by atoms with Crippen LogP contribution in [-0.4, -0.2) is 97.5 Å². The van der Waals surface area contributed by atoms with Crippen molar-refractivity contribution in [3.05, 3.63) is 0 Å². The Morgan fingerprint density at radius 2 is 1.88 bits per heavy atom. The van der Waals surface area contributed by atoms with Gasteiger partial charge in [0.05, 0.1) is 12.6 Å². The van der Waals surface area contributed by atoms with Crippen LogP contribution < -0.4 is 16.4 Å². The van der Waals surface area contributed by atoms with E-state index in [0.29, 0.717) is 19.7 Å². The molecule has 2 aliphatic heterocycles. The van der Waals surface area contributed by atoms with Gasteiger partial charge in [-0.1, -0.05) is 0 Å². The number of piperazine rings is 1. The number of amides is 3. The Balaban J connectivity index is 1.79. The molecule has 0 bridgehead atoms. The number of alkyl halides is 2. The van der Waals surface area contributed by atoms with E-state index in [4.69, 9.17) is 10.5 Å². The number of ether oxygens (including phenoxy) is 1. The Hall–Kier alpha value is -1.85. The molecular formula is C21H35F2N5O4. The summed E-state index contributed by atoms with van der Waals surface area (Å²) in [5.74, 6) is -4.61. The lowest BCUT2D eigenvalue weighted by atomic mass is 9.81. The molecule has 4 N–H and O–H groups in total. The third-order valence-electron chi connectivity index (χ3n) is 6.85. The van der Waals surface area contributed by atoms with Crippen LogP contribution in [0, 0.1) is 5.92 Å². The molecule has 3 aliphatic rings. The minimum atomic E-state index is -2.75. The molecule has 0 aromatic rings. The first-order valence-electron chi connectivity index (χ1n) is 11.4. The van der Waals surface area contributed by atoms with Crippen molar-refractivity contribution in [2.24, 2.45) is 11.7 Å². The Morgan fingerprint density at radius 3 is 2.47 bits per heavy atom. The third kappa shape index (κ3) is 5.74. The average molecular weight is 460 g/mol. The number of carbonyl (C=O) groups excluding carboxylic acids is 3. The van der Waals surface area contributed by atoms with Gasteiger partial charge < -0.3 is 26.0 Å². The van der Waals surface area contributed by atoms with Crippen molar-refractivity contribution < 1.29 is 27.9 Å². The second-order valence-electron chi connectivity index (χ2n) is 9.10. The number of rotatable bonds is 8. The van der Waals surface area contributed by atoms with Crippen LogP contribution in [0.1, 0.15) is 39.0 Å². The topological polar surface area (TPSA) is 117 Å². The van der Waals surface area contributed by atoms with Crippen molar-refractivity contribution in [3.8, 4) is 0 Å². The number of hydrogen-bond donors (Lipinski definition) is 3. The third-order valence-corrected chi connectivity index (χ3v) is 6.85. The predicted octanol–water partition coefficient (Wildman–Crippen LogP) is -0.308. The molecule has 182 valence electrons. The zero-order chi connectivity index (χ0) is 23.5. The summed E-state index contributed by atoms with van der Waals surface area (Å²) in [5.41, 5.74) is 5.65. The number of hydrogen-bond acceptors (Lipinski definition) is 6. The van der Waals surface area contributed by atoms with Crippen molar-refractivity contribution in [1.29, 1.82) is 0 Å². The molecule has 0 aromatic heterocycles. The van der Waals surface area contributed by atoms with Crippen molar-refractivity contribution in [3.63, 3.8) is 0 Å². The summed E-state index contributed by atoms with van der Waals surface area (Å²) in [5, 5.41) is 5.46. The normalized spacial score (nSPS) is 29.4. The molecule has 4 atom stereocenters. The molecular weight excluding hydrogens is 424 g/mol. The number of nitrogens with one attached hydrogen (secondary N) is 2. The van der Waals surface area contributed by atoms with E-state index in [2.05, 4.69) is 15.5 Å². The van der Waals surface area contributed by atoms with Gasteiger partial charge in [0.15, 0.2) is 0 Å². The molecule has 32 heavy (non-hydrogen) atoms. The average Bonchev–Trinajstić information content (AvgIpc) is 3.12. The van der Waals surface area contributed by atoms with E-state index in [1.165, 1.54) is 4.90 Å². The second kappa shape index (κ2) is 10.4. The van der Waals surface area contributed by atoms with Gasteiger partial charge in [0.1, 0.15) is 12.1 Å². The fourth-order valence-corrected chi connectivity index (χ4v) is 5.21. The summed E-state index contributed by atoms with van der Waals surface area (Å²) in [6.07, 6.45) is 0.362. The molecule has 0 unspecified atom stereocenters. The largest absolute Gasteiger partial charge is 0.377 e. The Bertz CT molecular complexity index is 700. The fraction of sp³-hybridized carbons (Fsp3) is 0.857. The zero-order valence-corrected chi connectivity index (χ0v) is 18.8. The number of nitrogens with two attached hydrogens (primary N) is 1. The fourth-order valence-electron chi connectivity index (χ4n) is 5.21. The van der Waals surface area contributed by atoms with Crippen LogP contribution in [0.25, 0.3) is 0 Å². The van der Waals surface area contributed by atoms with Crippen LogP contribution >= 0.6 is 0 Å². The Labute approximate surface area is 187 Å². The van der Waals surface area contributed by atoms with Gasteiger partial charge in [-0.05, 0) is 39.2 Å². The van der Waals surface area contributed by atoms with Gasteiger partial charge in [-0.15, -0.1) is 0 Å². The predicted molar refractivity (Wildman–Crippen MR) is 113 cm³/mol. The number of likely N-dealkylation sites (N-methyl/N-ethyl adjacent to an activating group) is 1. The molecule has 3 amide bonds. The molecule has 3 rings (SSSR count). The maximum Gasteiger partial charge on any atom is 0.248 e. The maximum atomic E-state index is 13.7. The molecule has 1 aliphatic carbocycles. The number of primary amides is 1. The minimum absolute atomic E-state index is 0.00164. The highest BCUT2D eigenvalue weighted by Gasteiger charge is 2.47. The van der Waals surface area contributed by atoms with Gasteiger partial charge in [-0.3, -0.25) is 19.3 Å². The smallest absolute Gasteiger partial charge is 0.248 e. The van der Waals surface area contributed by atoms with Crippen LogP contribution in [0.5, 0.6) is 0 Å². The lowest BCUT2D eigenvalue weighted by Crippen LogP contribution is -2.66. The molecule has 11 heteroatoms. The summed E-state index contributed by atoms with van der Waals surface area (Å²) in [6.45, 7) is 3.76. The lowest BCUT2D eigenvalue weighted by molar-refractivity contribution is -0.149. The summed E-state index contributed by atoms with van der Waals surface area (Å²) in [7, 11) is 1.61. The van der Waals surface area contributed by atoms with Gasteiger partial charge in [-0.2, -0.15) is 0 Å². The summed E-state index contributed by atoms with van der Waals surface area (Å²) in [6, 6.07) is -1.78. The number of nitrogens with zero attached hydrogens (tertiary/aromatic N) is 2.